The minimum atomic E-state index is -0.400. The number of carbonyl (C=O) groups excluding carboxylic acids is 1. The Hall–Kier alpha value is -1.23. The van der Waals surface area contributed by atoms with Crippen LogP contribution in [0.3, 0.4) is 0 Å². The summed E-state index contributed by atoms with van der Waals surface area (Å²) in [5.41, 5.74) is 6.53. The Morgan fingerprint density at radius 1 is 1.47 bits per heavy atom. The van der Waals surface area contributed by atoms with Crippen LogP contribution in [0.5, 0.6) is 0 Å². The Labute approximate surface area is 106 Å². The molecule has 94 valence electrons. The van der Waals surface area contributed by atoms with E-state index in [4.69, 9.17) is 10.5 Å². The van der Waals surface area contributed by atoms with E-state index in [-0.39, 0.29) is 0 Å². The van der Waals surface area contributed by atoms with Gasteiger partial charge in [0, 0.05) is 5.25 Å². The number of aromatic nitrogens is 1. The number of carbonyl (C=O) groups is 1. The molecule has 0 amide bonds. The van der Waals surface area contributed by atoms with E-state index in [0.717, 1.165) is 0 Å². The molecule has 1 heterocycles. The summed E-state index contributed by atoms with van der Waals surface area (Å²) in [4.78, 5) is 15.8. The molecule has 2 N–H and O–H groups in total. The van der Waals surface area contributed by atoms with Crippen LogP contribution in [0.4, 0.5) is 5.69 Å². The summed E-state index contributed by atoms with van der Waals surface area (Å²) < 4.78 is 4.73. The largest absolute Gasteiger partial charge is 0.465 e. The maximum absolute atomic E-state index is 11.6. The predicted molar refractivity (Wildman–Crippen MR) is 70.1 cm³/mol. The zero-order chi connectivity index (χ0) is 13.0. The van der Waals surface area contributed by atoms with E-state index in [9.17, 15) is 4.79 Å². The topological polar surface area (TPSA) is 65.2 Å². The molecule has 17 heavy (non-hydrogen) atoms. The second-order valence-electron chi connectivity index (χ2n) is 4.18. The van der Waals surface area contributed by atoms with Crippen LogP contribution in [0.2, 0.25) is 0 Å². The lowest BCUT2D eigenvalue weighted by atomic mass is 10.2. The molecule has 1 atom stereocenters. The molecule has 0 aliphatic heterocycles. The molecule has 1 aromatic rings. The molecule has 0 saturated heterocycles. The van der Waals surface area contributed by atoms with E-state index in [2.05, 4.69) is 25.8 Å². The number of ether oxygens (including phenoxy) is 1. The molecule has 0 spiro atoms. The van der Waals surface area contributed by atoms with Gasteiger partial charge in [-0.2, -0.15) is 0 Å². The molecule has 0 bridgehead atoms. The summed E-state index contributed by atoms with van der Waals surface area (Å²) in [5, 5.41) is 1.04. The lowest BCUT2D eigenvalue weighted by Crippen LogP contribution is -2.10. The molecule has 1 aromatic heterocycles. The van der Waals surface area contributed by atoms with Crippen molar-refractivity contribution in [3.05, 3.63) is 17.8 Å². The maximum atomic E-state index is 11.6. The number of nitrogens with zero attached hydrogens (tertiary/aromatic N) is 1. The van der Waals surface area contributed by atoms with Crippen LogP contribution in [0, 0.1) is 5.92 Å². The van der Waals surface area contributed by atoms with Crippen molar-refractivity contribution in [3.8, 4) is 0 Å². The van der Waals surface area contributed by atoms with Gasteiger partial charge in [0.2, 0.25) is 0 Å². The van der Waals surface area contributed by atoms with Gasteiger partial charge in [-0.25, -0.2) is 9.78 Å². The summed E-state index contributed by atoms with van der Waals surface area (Å²) in [6.07, 6.45) is 1.56. The number of hydrogen-bond donors (Lipinski definition) is 1. The fraction of sp³-hybridized carbons (Fsp3) is 0.500. The Morgan fingerprint density at radius 3 is 2.65 bits per heavy atom. The van der Waals surface area contributed by atoms with Crippen molar-refractivity contribution in [1.82, 2.24) is 4.98 Å². The monoisotopic (exact) mass is 254 g/mol. The third-order valence-corrected chi connectivity index (χ3v) is 3.98. The number of thioether (sulfide) groups is 1. The standard InChI is InChI=1S/C12H18N2O2S/c1-7(2)8(3)17-11-10(12(15)16-4)5-9(13)6-14-11/h5-8H,13H2,1-4H3. The van der Waals surface area contributed by atoms with E-state index in [0.29, 0.717) is 27.4 Å². The van der Waals surface area contributed by atoms with Crippen LogP contribution in [-0.2, 0) is 4.74 Å². The smallest absolute Gasteiger partial charge is 0.340 e. The van der Waals surface area contributed by atoms with E-state index >= 15 is 0 Å². The summed E-state index contributed by atoms with van der Waals surface area (Å²) in [7, 11) is 1.35. The lowest BCUT2D eigenvalue weighted by Gasteiger charge is -2.16. The Kier molecular flexibility index (Phi) is 4.81. The molecule has 5 heteroatoms. The first kappa shape index (κ1) is 13.8. The highest BCUT2D eigenvalue weighted by molar-refractivity contribution is 7.99. The highest BCUT2D eigenvalue weighted by Crippen LogP contribution is 2.29. The maximum Gasteiger partial charge on any atom is 0.340 e. The number of esters is 1. The summed E-state index contributed by atoms with van der Waals surface area (Å²) in [6, 6.07) is 1.61. The number of hydrogen-bond acceptors (Lipinski definition) is 5. The van der Waals surface area contributed by atoms with Crippen molar-refractivity contribution in [2.45, 2.75) is 31.0 Å². The first-order chi connectivity index (χ1) is 7.95. The molecule has 0 fully saturated rings. The Morgan fingerprint density at radius 2 is 2.12 bits per heavy atom. The molecular weight excluding hydrogens is 236 g/mol. The normalized spacial score (nSPS) is 12.5. The third kappa shape index (κ3) is 3.63. The summed E-state index contributed by atoms with van der Waals surface area (Å²) in [6.45, 7) is 6.37. The fourth-order valence-electron chi connectivity index (χ4n) is 1.13. The van der Waals surface area contributed by atoms with Gasteiger partial charge in [0.15, 0.2) is 0 Å². The van der Waals surface area contributed by atoms with Gasteiger partial charge >= 0.3 is 5.97 Å². The highest BCUT2D eigenvalue weighted by atomic mass is 32.2. The quantitative estimate of drug-likeness (QED) is 0.661. The van der Waals surface area contributed by atoms with Crippen molar-refractivity contribution >= 4 is 23.4 Å². The first-order valence-corrected chi connectivity index (χ1v) is 6.34. The van der Waals surface area contributed by atoms with Gasteiger partial charge < -0.3 is 10.5 Å². The average molecular weight is 254 g/mol. The fourth-order valence-corrected chi connectivity index (χ4v) is 2.14. The summed E-state index contributed by atoms with van der Waals surface area (Å²) in [5.74, 6) is 0.105. The second kappa shape index (κ2) is 5.91. The zero-order valence-electron chi connectivity index (χ0n) is 10.6. The van der Waals surface area contributed by atoms with Crippen molar-refractivity contribution in [2.75, 3.05) is 12.8 Å². The van der Waals surface area contributed by atoms with Gasteiger partial charge in [-0.1, -0.05) is 20.8 Å². The predicted octanol–water partition coefficient (Wildman–Crippen LogP) is 2.59. The molecule has 0 aromatic carbocycles. The molecular formula is C12H18N2O2S. The van der Waals surface area contributed by atoms with Crippen LogP contribution < -0.4 is 5.73 Å². The number of anilines is 1. The number of rotatable bonds is 4. The van der Waals surface area contributed by atoms with Crippen LogP contribution in [0.15, 0.2) is 17.3 Å². The number of nitrogens with two attached hydrogens (primary N) is 1. The minimum Gasteiger partial charge on any atom is -0.465 e. The Balaban J connectivity index is 3.02. The van der Waals surface area contributed by atoms with Gasteiger partial charge in [0.05, 0.1) is 24.6 Å². The minimum absolute atomic E-state index is 0.370. The number of nitrogen functional groups attached to an aromatic ring is 1. The number of methoxy groups -OCH3 is 1. The van der Waals surface area contributed by atoms with Crippen molar-refractivity contribution in [1.29, 1.82) is 0 Å². The Bertz CT molecular complexity index is 407. The van der Waals surface area contributed by atoms with E-state index in [1.54, 1.807) is 24.0 Å². The van der Waals surface area contributed by atoms with Crippen molar-refractivity contribution in [3.63, 3.8) is 0 Å². The molecule has 0 saturated carbocycles. The molecule has 1 unspecified atom stereocenters. The van der Waals surface area contributed by atoms with Crippen LogP contribution in [0.1, 0.15) is 31.1 Å². The van der Waals surface area contributed by atoms with E-state index in [1.165, 1.54) is 7.11 Å². The van der Waals surface area contributed by atoms with E-state index < -0.39 is 5.97 Å². The molecule has 4 nitrogen and oxygen atoms in total. The first-order valence-electron chi connectivity index (χ1n) is 5.46. The molecule has 0 aliphatic rings. The van der Waals surface area contributed by atoms with Gasteiger partial charge in [0.1, 0.15) is 5.03 Å². The molecule has 1 rings (SSSR count). The lowest BCUT2D eigenvalue weighted by molar-refractivity contribution is 0.0596. The van der Waals surface area contributed by atoms with E-state index in [1.807, 2.05) is 0 Å². The molecule has 0 aliphatic carbocycles. The highest BCUT2D eigenvalue weighted by Gasteiger charge is 2.18. The molecule has 0 radical (unpaired) electrons. The van der Waals surface area contributed by atoms with Gasteiger partial charge in [-0.3, -0.25) is 0 Å². The third-order valence-electron chi connectivity index (χ3n) is 2.51. The van der Waals surface area contributed by atoms with Gasteiger partial charge in [-0.05, 0) is 12.0 Å². The van der Waals surface area contributed by atoms with Crippen LogP contribution >= 0.6 is 11.8 Å². The van der Waals surface area contributed by atoms with Crippen molar-refractivity contribution in [2.24, 2.45) is 5.92 Å². The van der Waals surface area contributed by atoms with Crippen LogP contribution in [0.25, 0.3) is 0 Å². The number of pyridine rings is 1. The zero-order valence-corrected chi connectivity index (χ0v) is 11.4. The second-order valence-corrected chi connectivity index (χ2v) is 5.55. The van der Waals surface area contributed by atoms with Crippen LogP contribution in [-0.4, -0.2) is 23.3 Å². The SMILES string of the molecule is COC(=O)c1cc(N)cnc1SC(C)C(C)C. The van der Waals surface area contributed by atoms with Gasteiger partial charge in [-0.15, -0.1) is 11.8 Å². The average Bonchev–Trinajstić information content (AvgIpc) is 2.30. The summed E-state index contributed by atoms with van der Waals surface area (Å²) >= 11 is 1.56. The van der Waals surface area contributed by atoms with Gasteiger partial charge in [0.25, 0.3) is 0 Å². The van der Waals surface area contributed by atoms with Crippen molar-refractivity contribution < 1.29 is 9.53 Å².